The molecule has 1 aliphatic heterocycles. The lowest BCUT2D eigenvalue weighted by molar-refractivity contribution is -0.115. The van der Waals surface area contributed by atoms with Gasteiger partial charge in [-0.25, -0.2) is 4.79 Å². The molecule has 1 amide bonds. The number of carbonyl (C=O) groups is 2. The lowest BCUT2D eigenvalue weighted by Crippen LogP contribution is -2.18. The van der Waals surface area contributed by atoms with Crippen molar-refractivity contribution in [3.8, 4) is 5.75 Å². The summed E-state index contributed by atoms with van der Waals surface area (Å²) in [4.78, 5) is 24.3. The molecule has 1 aliphatic rings. The summed E-state index contributed by atoms with van der Waals surface area (Å²) in [5, 5.41) is 9.96. The molecule has 1 fully saturated rings. The molecule has 0 saturated carbocycles. The van der Waals surface area contributed by atoms with Crippen molar-refractivity contribution in [2.75, 3.05) is 0 Å². The van der Waals surface area contributed by atoms with E-state index in [4.69, 9.17) is 10.1 Å². The molecule has 0 atom stereocenters. The quantitative estimate of drug-likeness (QED) is 0.324. The first-order valence-corrected chi connectivity index (χ1v) is 8.79. The van der Waals surface area contributed by atoms with Crippen LogP contribution in [0.25, 0.3) is 6.08 Å². The molecule has 5 nitrogen and oxygen atoms in total. The van der Waals surface area contributed by atoms with Crippen molar-refractivity contribution in [2.45, 2.75) is 0 Å². The Kier molecular flexibility index (Phi) is 5.00. The van der Waals surface area contributed by atoms with Gasteiger partial charge in [0.2, 0.25) is 0 Å². The number of hydrogen-bond acceptors (Lipinski definition) is 5. The summed E-state index contributed by atoms with van der Waals surface area (Å²) in [6, 6.07) is 14.1. The van der Waals surface area contributed by atoms with Crippen LogP contribution < -0.4 is 10.1 Å². The zero-order valence-corrected chi connectivity index (χ0v) is 15.2. The van der Waals surface area contributed by atoms with E-state index >= 15 is 0 Å². The largest absolute Gasteiger partial charge is 0.423 e. The average molecular weight is 450 g/mol. The number of nitrogens with one attached hydrogen (secondary N) is 2. The fraction of sp³-hybridized carbons (Fsp3) is 0. The number of benzene rings is 2. The fourth-order valence-electron chi connectivity index (χ4n) is 2.05. The zero-order chi connectivity index (χ0) is 17.1. The van der Waals surface area contributed by atoms with Crippen molar-refractivity contribution in [1.82, 2.24) is 5.32 Å². The van der Waals surface area contributed by atoms with Crippen molar-refractivity contribution in [2.24, 2.45) is 0 Å². The topological polar surface area (TPSA) is 79.2 Å². The predicted octanol–water partition coefficient (Wildman–Crippen LogP) is 3.65. The highest BCUT2D eigenvalue weighted by Gasteiger charge is 2.22. The van der Waals surface area contributed by atoms with E-state index in [2.05, 4.69) is 27.9 Å². The van der Waals surface area contributed by atoms with Crippen molar-refractivity contribution < 1.29 is 14.3 Å². The van der Waals surface area contributed by atoms with Gasteiger partial charge in [0.1, 0.15) is 5.75 Å². The molecule has 0 aromatic heterocycles. The Morgan fingerprint density at radius 3 is 2.71 bits per heavy atom. The van der Waals surface area contributed by atoms with Crippen LogP contribution in [-0.4, -0.2) is 17.0 Å². The van der Waals surface area contributed by atoms with E-state index in [0.717, 1.165) is 20.9 Å². The highest BCUT2D eigenvalue weighted by molar-refractivity contribution is 14.1. The van der Waals surface area contributed by atoms with Crippen LogP contribution in [0.2, 0.25) is 0 Å². The van der Waals surface area contributed by atoms with Gasteiger partial charge >= 0.3 is 5.97 Å². The van der Waals surface area contributed by atoms with Crippen LogP contribution in [0.5, 0.6) is 5.75 Å². The Balaban J connectivity index is 1.80. The Hall–Kier alpha value is -2.13. The molecule has 0 bridgehead atoms. The summed E-state index contributed by atoms with van der Waals surface area (Å²) < 4.78 is 6.23. The molecule has 24 heavy (non-hydrogen) atoms. The molecule has 2 N–H and O–H groups in total. The predicted molar refractivity (Wildman–Crippen MR) is 102 cm³/mol. The molecule has 0 radical (unpaired) electrons. The lowest BCUT2D eigenvalue weighted by Gasteiger charge is -2.06. The first-order chi connectivity index (χ1) is 11.5. The summed E-state index contributed by atoms with van der Waals surface area (Å²) in [5.74, 6) is -0.335. The summed E-state index contributed by atoms with van der Waals surface area (Å²) in [6.45, 7) is 0. The van der Waals surface area contributed by atoms with Gasteiger partial charge in [0, 0.05) is 3.57 Å². The lowest BCUT2D eigenvalue weighted by atomic mass is 10.2. The minimum atomic E-state index is -0.431. The third-order valence-electron chi connectivity index (χ3n) is 3.12. The Morgan fingerprint density at radius 2 is 2.00 bits per heavy atom. The molecule has 1 saturated heterocycles. The smallest absolute Gasteiger partial charge is 0.344 e. The van der Waals surface area contributed by atoms with Gasteiger partial charge in [0.25, 0.3) is 5.91 Å². The third-order valence-corrected chi connectivity index (χ3v) is 4.89. The second-order valence-electron chi connectivity index (χ2n) is 4.84. The SMILES string of the molecule is N=C1NC(=O)C(=Cc2cccc(OC(=O)c3ccccc3I)c2)S1. The monoisotopic (exact) mass is 450 g/mol. The van der Waals surface area contributed by atoms with Gasteiger partial charge in [0.15, 0.2) is 5.17 Å². The minimum absolute atomic E-state index is 0.104. The van der Waals surface area contributed by atoms with Crippen LogP contribution in [0, 0.1) is 8.98 Å². The van der Waals surface area contributed by atoms with Crippen molar-refractivity contribution in [1.29, 1.82) is 5.41 Å². The number of thioether (sulfide) groups is 1. The highest BCUT2D eigenvalue weighted by atomic mass is 127. The van der Waals surface area contributed by atoms with E-state index in [1.807, 2.05) is 12.1 Å². The van der Waals surface area contributed by atoms with Gasteiger partial charge in [-0.05, 0) is 70.3 Å². The van der Waals surface area contributed by atoms with E-state index in [-0.39, 0.29) is 11.1 Å². The number of esters is 1. The Labute approximate surface area is 156 Å². The van der Waals surface area contributed by atoms with E-state index in [1.54, 1.807) is 42.5 Å². The van der Waals surface area contributed by atoms with Gasteiger partial charge < -0.3 is 10.1 Å². The van der Waals surface area contributed by atoms with E-state index in [9.17, 15) is 9.59 Å². The second kappa shape index (κ2) is 7.18. The van der Waals surface area contributed by atoms with Crippen molar-refractivity contribution in [3.05, 3.63) is 68.1 Å². The molecular formula is C17H11IN2O3S. The normalized spacial score (nSPS) is 15.5. The van der Waals surface area contributed by atoms with Crippen LogP contribution in [0.3, 0.4) is 0 Å². The van der Waals surface area contributed by atoms with Crippen LogP contribution >= 0.6 is 34.4 Å². The fourth-order valence-corrected chi connectivity index (χ4v) is 3.36. The van der Waals surface area contributed by atoms with Gasteiger partial charge in [-0.2, -0.15) is 0 Å². The van der Waals surface area contributed by atoms with Gasteiger partial charge in [-0.3, -0.25) is 10.2 Å². The number of rotatable bonds is 3. The van der Waals surface area contributed by atoms with Crippen LogP contribution in [0.1, 0.15) is 15.9 Å². The first kappa shape index (κ1) is 16.7. The molecular weight excluding hydrogens is 439 g/mol. The maximum absolute atomic E-state index is 12.2. The molecule has 0 unspecified atom stereocenters. The van der Waals surface area contributed by atoms with Crippen molar-refractivity contribution >= 4 is 57.5 Å². The maximum atomic E-state index is 12.2. The maximum Gasteiger partial charge on any atom is 0.344 e. The second-order valence-corrected chi connectivity index (χ2v) is 7.05. The number of ether oxygens (including phenoxy) is 1. The standard InChI is InChI=1S/C17H11IN2O3S/c18-13-7-2-1-6-12(13)16(22)23-11-5-3-4-10(8-11)9-14-15(21)20-17(19)24-14/h1-9H,(H2,19,20,21). The summed E-state index contributed by atoms with van der Waals surface area (Å²) >= 11 is 3.15. The Morgan fingerprint density at radius 1 is 1.21 bits per heavy atom. The van der Waals surface area contributed by atoms with E-state index < -0.39 is 5.97 Å². The van der Waals surface area contributed by atoms with Crippen LogP contribution in [-0.2, 0) is 4.79 Å². The molecule has 0 spiro atoms. The van der Waals surface area contributed by atoms with E-state index in [1.165, 1.54) is 0 Å². The van der Waals surface area contributed by atoms with E-state index in [0.29, 0.717) is 16.2 Å². The van der Waals surface area contributed by atoms with Crippen molar-refractivity contribution in [3.63, 3.8) is 0 Å². The molecule has 0 aliphatic carbocycles. The highest BCUT2D eigenvalue weighted by Crippen LogP contribution is 2.26. The number of amidine groups is 1. The summed E-state index contributed by atoms with van der Waals surface area (Å²) in [6.07, 6.45) is 1.66. The molecule has 3 rings (SSSR count). The summed E-state index contributed by atoms with van der Waals surface area (Å²) in [7, 11) is 0. The number of hydrogen-bond donors (Lipinski definition) is 2. The molecule has 2 aromatic rings. The molecule has 120 valence electrons. The third kappa shape index (κ3) is 3.85. The van der Waals surface area contributed by atoms with Crippen LogP contribution in [0.15, 0.2) is 53.4 Å². The van der Waals surface area contributed by atoms with Gasteiger partial charge in [-0.15, -0.1) is 0 Å². The van der Waals surface area contributed by atoms with Crippen LogP contribution in [0.4, 0.5) is 0 Å². The Bertz CT molecular complexity index is 880. The zero-order valence-electron chi connectivity index (χ0n) is 12.2. The molecule has 2 aromatic carbocycles. The molecule has 7 heteroatoms. The average Bonchev–Trinajstić information content (AvgIpc) is 2.85. The number of carbonyl (C=O) groups excluding carboxylic acids is 2. The number of amides is 1. The van der Waals surface area contributed by atoms with Gasteiger partial charge in [0.05, 0.1) is 10.5 Å². The number of halogens is 1. The van der Waals surface area contributed by atoms with Gasteiger partial charge in [-0.1, -0.05) is 24.3 Å². The summed E-state index contributed by atoms with van der Waals surface area (Å²) in [5.41, 5.74) is 1.22. The minimum Gasteiger partial charge on any atom is -0.423 e. The first-order valence-electron chi connectivity index (χ1n) is 6.89. The molecule has 1 heterocycles.